The van der Waals surface area contributed by atoms with Gasteiger partial charge in [0.15, 0.2) is 0 Å². The largest absolute Gasteiger partial charge is 0.366 e. The van der Waals surface area contributed by atoms with Crippen LogP contribution in [0, 0.1) is 12.7 Å². The van der Waals surface area contributed by atoms with Crippen molar-refractivity contribution in [2.45, 2.75) is 13.5 Å². The standard InChI is InChI=1S/C16H19FN4OS/c1-12-11-23-15(19-12)10-18-16(22)21-8-6-20(7-9-21)14-5-3-2-4-13(14)17/h2-5,11H,6-10H2,1H3,(H,18,22). The lowest BCUT2D eigenvalue weighted by Crippen LogP contribution is -2.51. The number of benzene rings is 1. The molecule has 0 radical (unpaired) electrons. The maximum absolute atomic E-state index is 13.8. The van der Waals surface area contributed by atoms with Gasteiger partial charge >= 0.3 is 6.03 Å². The average Bonchev–Trinajstić information content (AvgIpc) is 2.99. The van der Waals surface area contributed by atoms with Crippen LogP contribution < -0.4 is 10.2 Å². The second-order valence-electron chi connectivity index (χ2n) is 5.47. The third kappa shape index (κ3) is 3.79. The first-order chi connectivity index (χ1) is 11.1. The fourth-order valence-corrected chi connectivity index (χ4v) is 3.32. The Kier molecular flexibility index (Phi) is 4.76. The number of piperazine rings is 1. The first-order valence-corrected chi connectivity index (χ1v) is 8.45. The summed E-state index contributed by atoms with van der Waals surface area (Å²) in [5, 5.41) is 5.76. The number of hydrogen-bond acceptors (Lipinski definition) is 4. The number of aromatic nitrogens is 1. The molecule has 0 bridgehead atoms. The molecule has 23 heavy (non-hydrogen) atoms. The van der Waals surface area contributed by atoms with Crippen molar-refractivity contribution in [2.75, 3.05) is 31.1 Å². The van der Waals surface area contributed by atoms with Crippen LogP contribution in [0.4, 0.5) is 14.9 Å². The van der Waals surface area contributed by atoms with Gasteiger partial charge in [-0.3, -0.25) is 0 Å². The first kappa shape index (κ1) is 15.7. The normalized spacial score (nSPS) is 14.9. The highest BCUT2D eigenvalue weighted by Gasteiger charge is 2.22. The fraction of sp³-hybridized carbons (Fsp3) is 0.375. The predicted molar refractivity (Wildman–Crippen MR) is 89.3 cm³/mol. The van der Waals surface area contributed by atoms with E-state index in [-0.39, 0.29) is 11.8 Å². The van der Waals surface area contributed by atoms with Gasteiger partial charge in [0.05, 0.1) is 12.2 Å². The number of carbonyl (C=O) groups is 1. The van der Waals surface area contributed by atoms with Gasteiger partial charge in [0.1, 0.15) is 10.8 Å². The van der Waals surface area contributed by atoms with Crippen LogP contribution in [0.15, 0.2) is 29.6 Å². The van der Waals surface area contributed by atoms with E-state index in [0.29, 0.717) is 38.4 Å². The van der Waals surface area contributed by atoms with E-state index >= 15 is 0 Å². The Balaban J connectivity index is 1.50. The number of anilines is 1. The van der Waals surface area contributed by atoms with Crippen molar-refractivity contribution in [1.29, 1.82) is 0 Å². The molecule has 1 aromatic carbocycles. The van der Waals surface area contributed by atoms with Gasteiger partial charge in [-0.15, -0.1) is 11.3 Å². The zero-order valence-corrected chi connectivity index (χ0v) is 13.8. The summed E-state index contributed by atoms with van der Waals surface area (Å²) in [7, 11) is 0. The fourth-order valence-electron chi connectivity index (χ4n) is 2.61. The summed E-state index contributed by atoms with van der Waals surface area (Å²) in [6.07, 6.45) is 0. The summed E-state index contributed by atoms with van der Waals surface area (Å²) < 4.78 is 13.8. The zero-order chi connectivity index (χ0) is 16.2. The summed E-state index contributed by atoms with van der Waals surface area (Å²) >= 11 is 1.54. The van der Waals surface area contributed by atoms with Gasteiger partial charge in [-0.1, -0.05) is 12.1 Å². The van der Waals surface area contributed by atoms with Gasteiger partial charge in [0.2, 0.25) is 0 Å². The SMILES string of the molecule is Cc1csc(CNC(=O)N2CCN(c3ccccc3F)CC2)n1. The Bertz CT molecular complexity index is 682. The lowest BCUT2D eigenvalue weighted by Gasteiger charge is -2.36. The van der Waals surface area contributed by atoms with Gasteiger partial charge in [-0.05, 0) is 19.1 Å². The summed E-state index contributed by atoms with van der Waals surface area (Å²) in [4.78, 5) is 20.2. The molecule has 0 aliphatic carbocycles. The minimum Gasteiger partial charge on any atom is -0.366 e. The third-order valence-corrected chi connectivity index (χ3v) is 4.78. The van der Waals surface area contributed by atoms with Crippen LogP contribution in [0.1, 0.15) is 10.7 Å². The minimum atomic E-state index is -0.218. The third-order valence-electron chi connectivity index (χ3n) is 3.82. The molecule has 1 aliphatic rings. The molecule has 0 spiro atoms. The Labute approximate surface area is 138 Å². The molecule has 1 fully saturated rings. The molecule has 2 aromatic rings. The summed E-state index contributed by atoms with van der Waals surface area (Å²) in [6, 6.07) is 6.66. The van der Waals surface area contributed by atoms with Crippen LogP contribution in [0.25, 0.3) is 0 Å². The molecule has 1 saturated heterocycles. The van der Waals surface area contributed by atoms with Crippen molar-refractivity contribution in [3.05, 3.63) is 46.2 Å². The van der Waals surface area contributed by atoms with Crippen LogP contribution in [0.3, 0.4) is 0 Å². The monoisotopic (exact) mass is 334 g/mol. The minimum absolute atomic E-state index is 0.0916. The Morgan fingerprint density at radius 1 is 1.30 bits per heavy atom. The highest BCUT2D eigenvalue weighted by Crippen LogP contribution is 2.20. The number of hydrogen-bond donors (Lipinski definition) is 1. The second kappa shape index (κ2) is 6.95. The maximum Gasteiger partial charge on any atom is 0.317 e. The van der Waals surface area contributed by atoms with Crippen molar-refractivity contribution in [2.24, 2.45) is 0 Å². The van der Waals surface area contributed by atoms with Crippen LogP contribution in [0.2, 0.25) is 0 Å². The second-order valence-corrected chi connectivity index (χ2v) is 6.41. The zero-order valence-electron chi connectivity index (χ0n) is 13.0. The van der Waals surface area contributed by atoms with Gasteiger partial charge in [0, 0.05) is 37.3 Å². The van der Waals surface area contributed by atoms with Gasteiger partial charge in [0.25, 0.3) is 0 Å². The molecular weight excluding hydrogens is 315 g/mol. The molecule has 0 saturated carbocycles. The number of nitrogens with zero attached hydrogens (tertiary/aromatic N) is 3. The molecule has 0 unspecified atom stereocenters. The first-order valence-electron chi connectivity index (χ1n) is 7.57. The molecule has 0 atom stereocenters. The highest BCUT2D eigenvalue weighted by atomic mass is 32.1. The molecule has 2 amide bonds. The van der Waals surface area contributed by atoms with E-state index < -0.39 is 0 Å². The number of rotatable bonds is 3. The van der Waals surface area contributed by atoms with E-state index in [4.69, 9.17) is 0 Å². The number of thiazole rings is 1. The van der Waals surface area contributed by atoms with Gasteiger partial charge in [-0.25, -0.2) is 14.2 Å². The summed E-state index contributed by atoms with van der Waals surface area (Å²) in [5.74, 6) is -0.218. The lowest BCUT2D eigenvalue weighted by molar-refractivity contribution is 0.194. The van der Waals surface area contributed by atoms with Crippen molar-refractivity contribution < 1.29 is 9.18 Å². The Morgan fingerprint density at radius 3 is 2.70 bits per heavy atom. The Hall–Kier alpha value is -2.15. The van der Waals surface area contributed by atoms with E-state index in [1.54, 1.807) is 28.4 Å². The van der Waals surface area contributed by atoms with Crippen molar-refractivity contribution >= 4 is 23.1 Å². The molecule has 7 heteroatoms. The van der Waals surface area contributed by atoms with Crippen molar-refractivity contribution in [1.82, 2.24) is 15.2 Å². The summed E-state index contributed by atoms with van der Waals surface area (Å²) in [6.45, 7) is 4.80. The number of urea groups is 1. The molecule has 3 rings (SSSR count). The smallest absolute Gasteiger partial charge is 0.317 e. The van der Waals surface area contributed by atoms with Gasteiger partial charge < -0.3 is 15.1 Å². The van der Waals surface area contributed by atoms with E-state index in [1.807, 2.05) is 23.3 Å². The maximum atomic E-state index is 13.8. The number of nitrogens with one attached hydrogen (secondary N) is 1. The Morgan fingerprint density at radius 2 is 2.04 bits per heavy atom. The molecular formula is C16H19FN4OS. The van der Waals surface area contributed by atoms with Crippen LogP contribution in [-0.2, 0) is 6.54 Å². The molecule has 2 heterocycles. The molecule has 122 valence electrons. The topological polar surface area (TPSA) is 48.5 Å². The summed E-state index contributed by atoms with van der Waals surface area (Å²) in [5.41, 5.74) is 1.57. The molecule has 5 nitrogen and oxygen atoms in total. The van der Waals surface area contributed by atoms with Gasteiger partial charge in [-0.2, -0.15) is 0 Å². The number of amides is 2. The van der Waals surface area contributed by atoms with E-state index in [2.05, 4.69) is 10.3 Å². The average molecular weight is 334 g/mol. The quantitative estimate of drug-likeness (QED) is 0.939. The predicted octanol–water partition coefficient (Wildman–Crippen LogP) is 2.62. The number of aryl methyl sites for hydroxylation is 1. The number of halogens is 1. The highest BCUT2D eigenvalue weighted by molar-refractivity contribution is 7.09. The van der Waals surface area contributed by atoms with E-state index in [9.17, 15) is 9.18 Å². The van der Waals surface area contributed by atoms with Crippen LogP contribution in [-0.4, -0.2) is 42.1 Å². The van der Waals surface area contributed by atoms with E-state index in [0.717, 1.165) is 10.7 Å². The molecule has 1 aliphatic heterocycles. The lowest BCUT2D eigenvalue weighted by atomic mass is 10.2. The van der Waals surface area contributed by atoms with Crippen molar-refractivity contribution in [3.8, 4) is 0 Å². The van der Waals surface area contributed by atoms with Crippen molar-refractivity contribution in [3.63, 3.8) is 0 Å². The van der Waals surface area contributed by atoms with Crippen LogP contribution >= 0.6 is 11.3 Å². The molecule has 1 N–H and O–H groups in total. The van der Waals surface area contributed by atoms with Crippen LogP contribution in [0.5, 0.6) is 0 Å². The number of para-hydroxylation sites is 1. The number of carbonyl (C=O) groups excluding carboxylic acids is 1. The van der Waals surface area contributed by atoms with E-state index in [1.165, 1.54) is 6.07 Å². The molecule has 1 aromatic heterocycles.